The molecule has 0 atom stereocenters. The average Bonchev–Trinajstić information content (AvgIpc) is 3.25. The molecule has 0 fully saturated rings. The van der Waals surface area contributed by atoms with Gasteiger partial charge in [-0.05, 0) is 59.8 Å². The van der Waals surface area contributed by atoms with Crippen molar-refractivity contribution in [3.63, 3.8) is 0 Å². The van der Waals surface area contributed by atoms with E-state index in [1.165, 1.54) is 0 Å². The van der Waals surface area contributed by atoms with E-state index in [-0.39, 0.29) is 5.78 Å². The summed E-state index contributed by atoms with van der Waals surface area (Å²) in [7, 11) is 0. The number of halogens is 1. The molecule has 0 saturated carbocycles. The number of rotatable bonds is 5. The Bertz CT molecular complexity index is 1220. The first-order valence-corrected chi connectivity index (χ1v) is 10.5. The highest BCUT2D eigenvalue weighted by Crippen LogP contribution is 2.27. The summed E-state index contributed by atoms with van der Waals surface area (Å²) in [5, 5.41) is 3.64. The van der Waals surface area contributed by atoms with Gasteiger partial charge >= 0.3 is 0 Å². The quantitative estimate of drug-likeness (QED) is 0.252. The van der Waals surface area contributed by atoms with E-state index >= 15 is 0 Å². The van der Waals surface area contributed by atoms with Crippen LogP contribution in [-0.4, -0.2) is 10.8 Å². The number of pyridine rings is 1. The first kappa shape index (κ1) is 19.3. The SMILES string of the molecule is Cc1nc2ccccc2c(/C=C/c2ccc(Cl)cc2)c1C(=O)/C=C/c1cccs1. The van der Waals surface area contributed by atoms with E-state index in [0.29, 0.717) is 10.6 Å². The lowest BCUT2D eigenvalue weighted by atomic mass is 9.96. The number of carbonyl (C=O) groups is 1. The zero-order valence-electron chi connectivity index (χ0n) is 15.8. The third kappa shape index (κ3) is 4.37. The van der Waals surface area contributed by atoms with Gasteiger partial charge in [0.2, 0.25) is 0 Å². The number of nitrogens with zero attached hydrogens (tertiary/aromatic N) is 1. The van der Waals surface area contributed by atoms with Gasteiger partial charge in [-0.2, -0.15) is 0 Å². The Balaban J connectivity index is 1.82. The molecular weight excluding hydrogens is 398 g/mol. The fourth-order valence-electron chi connectivity index (χ4n) is 3.23. The van der Waals surface area contributed by atoms with E-state index in [0.717, 1.165) is 32.6 Å². The van der Waals surface area contributed by atoms with E-state index in [9.17, 15) is 4.79 Å². The Morgan fingerprint density at radius 3 is 2.52 bits per heavy atom. The first-order chi connectivity index (χ1) is 14.1. The zero-order chi connectivity index (χ0) is 20.2. The Morgan fingerprint density at radius 2 is 1.76 bits per heavy atom. The topological polar surface area (TPSA) is 30.0 Å². The van der Waals surface area contributed by atoms with Crippen molar-refractivity contribution in [2.45, 2.75) is 6.92 Å². The van der Waals surface area contributed by atoms with Gasteiger partial charge < -0.3 is 0 Å². The second-order valence-electron chi connectivity index (χ2n) is 6.60. The molecular formula is C25H18ClNOS. The lowest BCUT2D eigenvalue weighted by Gasteiger charge is -2.11. The van der Waals surface area contributed by atoms with Crippen LogP contribution in [0.4, 0.5) is 0 Å². The molecule has 2 aromatic carbocycles. The molecule has 4 heteroatoms. The molecule has 0 unspecified atom stereocenters. The van der Waals surface area contributed by atoms with E-state index in [2.05, 4.69) is 4.98 Å². The van der Waals surface area contributed by atoms with Crippen LogP contribution < -0.4 is 0 Å². The normalized spacial score (nSPS) is 11.7. The van der Waals surface area contributed by atoms with Crippen LogP contribution in [0.2, 0.25) is 5.02 Å². The van der Waals surface area contributed by atoms with E-state index < -0.39 is 0 Å². The second kappa shape index (κ2) is 8.56. The summed E-state index contributed by atoms with van der Waals surface area (Å²) in [6, 6.07) is 19.5. The lowest BCUT2D eigenvalue weighted by Crippen LogP contribution is -2.04. The van der Waals surface area contributed by atoms with Crippen LogP contribution in [0, 0.1) is 6.92 Å². The summed E-state index contributed by atoms with van der Waals surface area (Å²) >= 11 is 7.59. The molecule has 0 spiro atoms. The van der Waals surface area contributed by atoms with E-state index in [4.69, 9.17) is 11.6 Å². The molecule has 2 aromatic heterocycles. The molecule has 0 aliphatic rings. The van der Waals surface area contributed by atoms with Crippen LogP contribution in [0.5, 0.6) is 0 Å². The Hall–Kier alpha value is -3.01. The number of fused-ring (bicyclic) bond motifs is 1. The Labute approximate surface area is 178 Å². The molecule has 2 nitrogen and oxygen atoms in total. The lowest BCUT2D eigenvalue weighted by molar-refractivity contribution is 0.104. The van der Waals surface area contributed by atoms with Crippen LogP contribution in [0.25, 0.3) is 29.1 Å². The van der Waals surface area contributed by atoms with Gasteiger partial charge in [0.1, 0.15) is 0 Å². The molecule has 0 saturated heterocycles. The maximum absolute atomic E-state index is 13.1. The van der Waals surface area contributed by atoms with Crippen molar-refractivity contribution >= 4 is 57.9 Å². The third-order valence-corrected chi connectivity index (χ3v) is 5.70. The number of aromatic nitrogens is 1. The van der Waals surface area contributed by atoms with Crippen LogP contribution >= 0.6 is 22.9 Å². The summed E-state index contributed by atoms with van der Waals surface area (Å²) in [6.07, 6.45) is 7.47. The molecule has 0 radical (unpaired) electrons. The molecule has 4 aromatic rings. The van der Waals surface area contributed by atoms with Gasteiger partial charge in [0, 0.05) is 21.0 Å². The van der Waals surface area contributed by atoms with Crippen molar-refractivity contribution in [3.05, 3.63) is 104 Å². The summed E-state index contributed by atoms with van der Waals surface area (Å²) in [5.74, 6) is -0.0510. The van der Waals surface area contributed by atoms with Crippen LogP contribution in [0.3, 0.4) is 0 Å². The van der Waals surface area contributed by atoms with Crippen molar-refractivity contribution in [2.24, 2.45) is 0 Å². The highest BCUT2D eigenvalue weighted by molar-refractivity contribution is 7.10. The zero-order valence-corrected chi connectivity index (χ0v) is 17.4. The number of allylic oxidation sites excluding steroid dienone is 1. The third-order valence-electron chi connectivity index (χ3n) is 4.61. The van der Waals surface area contributed by atoms with Crippen molar-refractivity contribution < 1.29 is 4.79 Å². The molecule has 142 valence electrons. The summed E-state index contributed by atoms with van der Waals surface area (Å²) in [6.45, 7) is 1.89. The van der Waals surface area contributed by atoms with Gasteiger partial charge in [-0.15, -0.1) is 11.3 Å². The fourth-order valence-corrected chi connectivity index (χ4v) is 3.97. The molecule has 0 aliphatic carbocycles. The first-order valence-electron chi connectivity index (χ1n) is 9.21. The van der Waals surface area contributed by atoms with Crippen molar-refractivity contribution in [3.8, 4) is 0 Å². The number of ketones is 1. The standard InChI is InChI=1S/C25H18ClNOS/c1-17-25(24(28)15-13-20-5-4-16-29-20)22(21-6-2-3-7-23(21)27-17)14-10-18-8-11-19(26)12-9-18/h2-16H,1H3/b14-10+,15-13+. The van der Waals surface area contributed by atoms with Gasteiger partial charge in [0.15, 0.2) is 5.78 Å². The molecule has 2 heterocycles. The van der Waals surface area contributed by atoms with Crippen molar-refractivity contribution in [2.75, 3.05) is 0 Å². The monoisotopic (exact) mass is 415 g/mol. The second-order valence-corrected chi connectivity index (χ2v) is 8.02. The van der Waals surface area contributed by atoms with Gasteiger partial charge in [0.05, 0.1) is 11.1 Å². The Morgan fingerprint density at radius 1 is 0.966 bits per heavy atom. The highest BCUT2D eigenvalue weighted by atomic mass is 35.5. The van der Waals surface area contributed by atoms with Gasteiger partial charge in [-0.25, -0.2) is 0 Å². The number of benzene rings is 2. The molecule has 0 amide bonds. The minimum atomic E-state index is -0.0510. The maximum atomic E-state index is 13.1. The smallest absolute Gasteiger partial charge is 0.188 e. The number of para-hydroxylation sites is 1. The predicted molar refractivity (Wildman–Crippen MR) is 125 cm³/mol. The minimum Gasteiger partial charge on any atom is -0.289 e. The molecule has 0 N–H and O–H groups in total. The van der Waals surface area contributed by atoms with Crippen molar-refractivity contribution in [1.29, 1.82) is 0 Å². The number of carbonyl (C=O) groups excluding carboxylic acids is 1. The average molecular weight is 416 g/mol. The molecule has 4 rings (SSSR count). The number of aryl methyl sites for hydroxylation is 1. The predicted octanol–water partition coefficient (Wildman–Crippen LogP) is 7.32. The minimum absolute atomic E-state index is 0.0510. The van der Waals surface area contributed by atoms with E-state index in [1.807, 2.05) is 91.2 Å². The van der Waals surface area contributed by atoms with E-state index in [1.54, 1.807) is 17.4 Å². The van der Waals surface area contributed by atoms with Gasteiger partial charge in [-0.3, -0.25) is 9.78 Å². The molecule has 29 heavy (non-hydrogen) atoms. The van der Waals surface area contributed by atoms with Crippen molar-refractivity contribution in [1.82, 2.24) is 4.98 Å². The largest absolute Gasteiger partial charge is 0.289 e. The van der Waals surface area contributed by atoms with Crippen LogP contribution in [0.1, 0.15) is 32.1 Å². The van der Waals surface area contributed by atoms with Crippen LogP contribution in [-0.2, 0) is 0 Å². The maximum Gasteiger partial charge on any atom is 0.188 e. The summed E-state index contributed by atoms with van der Waals surface area (Å²) in [5.41, 5.74) is 4.12. The number of thiophene rings is 1. The number of hydrogen-bond acceptors (Lipinski definition) is 3. The summed E-state index contributed by atoms with van der Waals surface area (Å²) < 4.78 is 0. The summed E-state index contributed by atoms with van der Waals surface area (Å²) in [4.78, 5) is 18.8. The highest BCUT2D eigenvalue weighted by Gasteiger charge is 2.15. The number of hydrogen-bond donors (Lipinski definition) is 0. The fraction of sp³-hybridized carbons (Fsp3) is 0.0400. The molecule has 0 bridgehead atoms. The van der Waals surface area contributed by atoms with Gasteiger partial charge in [-0.1, -0.05) is 60.2 Å². The van der Waals surface area contributed by atoms with Crippen LogP contribution in [0.15, 0.2) is 72.1 Å². The Kier molecular flexibility index (Phi) is 5.70. The van der Waals surface area contributed by atoms with Gasteiger partial charge in [0.25, 0.3) is 0 Å². The molecule has 0 aliphatic heterocycles.